The van der Waals surface area contributed by atoms with Gasteiger partial charge in [-0.05, 0) is 12.8 Å². The number of unbranched alkanes of at least 4 members (excludes halogenated alkanes) is 35. The van der Waals surface area contributed by atoms with Gasteiger partial charge in [-0.2, -0.15) is 0 Å². The molecule has 9 nitrogen and oxygen atoms in total. The van der Waals surface area contributed by atoms with Gasteiger partial charge in [0, 0.05) is 12.8 Å². The van der Waals surface area contributed by atoms with E-state index in [0.717, 1.165) is 38.5 Å². The number of phosphoric ester groups is 1. The number of carbonyl (C=O) groups excluding carboxylic acids is 2. The summed E-state index contributed by atoms with van der Waals surface area (Å²) in [6, 6.07) is 0. The molecule has 0 fully saturated rings. The lowest BCUT2D eigenvalue weighted by Gasteiger charge is -2.24. The van der Waals surface area contributed by atoms with Crippen molar-refractivity contribution in [2.45, 2.75) is 270 Å². The van der Waals surface area contributed by atoms with E-state index in [2.05, 4.69) is 13.8 Å². The van der Waals surface area contributed by atoms with Crippen molar-refractivity contribution in [1.82, 2.24) is 0 Å². The van der Waals surface area contributed by atoms with Crippen LogP contribution in [0.15, 0.2) is 0 Å². The number of phosphoric acid groups is 1. The standard InChI is InChI=1S/C51H102NO8P/c1-6-8-10-12-14-16-18-20-21-22-23-24-25-26-27-28-29-30-31-32-34-36-38-40-42-44-51(54)60-49(48-59-61(55,56)58-46-45-52(3,4)5)47-57-50(53)43-41-39-37-35-33-19-17-15-13-11-9-7-2/h49H,6-48H2,1-5H3/p+1. The van der Waals surface area contributed by atoms with E-state index < -0.39 is 26.5 Å². The van der Waals surface area contributed by atoms with Gasteiger partial charge in [0.05, 0.1) is 27.7 Å². The molecule has 0 spiro atoms. The number of esters is 2. The largest absolute Gasteiger partial charge is 0.472 e. The van der Waals surface area contributed by atoms with Crippen LogP contribution in [0, 0.1) is 0 Å². The summed E-state index contributed by atoms with van der Waals surface area (Å²) in [4.78, 5) is 35.5. The van der Waals surface area contributed by atoms with E-state index >= 15 is 0 Å². The molecule has 0 saturated carbocycles. The van der Waals surface area contributed by atoms with E-state index in [-0.39, 0.29) is 25.6 Å². The Labute approximate surface area is 378 Å². The summed E-state index contributed by atoms with van der Waals surface area (Å²) in [6.07, 6.45) is 47.4. The second-order valence-corrected chi connectivity index (χ2v) is 20.7. The average Bonchev–Trinajstić information content (AvgIpc) is 3.21. The molecule has 0 bridgehead atoms. The van der Waals surface area contributed by atoms with Crippen LogP contribution in [-0.4, -0.2) is 74.9 Å². The van der Waals surface area contributed by atoms with Crippen LogP contribution in [-0.2, 0) is 32.7 Å². The molecule has 2 unspecified atom stereocenters. The van der Waals surface area contributed by atoms with Crippen LogP contribution in [0.25, 0.3) is 0 Å². The quantitative estimate of drug-likeness (QED) is 0.0278. The Morgan fingerprint density at radius 3 is 1.05 bits per heavy atom. The Morgan fingerprint density at radius 2 is 0.738 bits per heavy atom. The highest BCUT2D eigenvalue weighted by molar-refractivity contribution is 7.47. The normalized spacial score (nSPS) is 13.3. The Kier molecular flexibility index (Phi) is 43.5. The first-order valence-corrected chi connectivity index (χ1v) is 27.8. The molecule has 2 atom stereocenters. The molecule has 10 heteroatoms. The summed E-state index contributed by atoms with van der Waals surface area (Å²) in [5.74, 6) is -0.779. The first kappa shape index (κ1) is 60.0. The summed E-state index contributed by atoms with van der Waals surface area (Å²) < 4.78 is 34.4. The summed E-state index contributed by atoms with van der Waals surface area (Å²) >= 11 is 0. The fourth-order valence-corrected chi connectivity index (χ4v) is 8.52. The van der Waals surface area contributed by atoms with E-state index in [1.165, 1.54) is 199 Å². The first-order chi connectivity index (χ1) is 29.5. The van der Waals surface area contributed by atoms with Gasteiger partial charge in [0.25, 0.3) is 0 Å². The molecule has 0 saturated heterocycles. The van der Waals surface area contributed by atoms with Gasteiger partial charge in [-0.3, -0.25) is 18.6 Å². The third-order valence-electron chi connectivity index (χ3n) is 11.9. The van der Waals surface area contributed by atoms with Crippen LogP contribution < -0.4 is 0 Å². The van der Waals surface area contributed by atoms with Crippen molar-refractivity contribution >= 4 is 19.8 Å². The molecule has 0 heterocycles. The van der Waals surface area contributed by atoms with Crippen LogP contribution >= 0.6 is 7.82 Å². The first-order valence-electron chi connectivity index (χ1n) is 26.3. The maximum absolute atomic E-state index is 12.7. The van der Waals surface area contributed by atoms with Crippen molar-refractivity contribution in [3.05, 3.63) is 0 Å². The fraction of sp³-hybridized carbons (Fsp3) is 0.961. The number of nitrogens with zero attached hydrogens (tertiary/aromatic N) is 1. The monoisotopic (exact) mass is 889 g/mol. The third-order valence-corrected chi connectivity index (χ3v) is 12.9. The predicted molar refractivity (Wildman–Crippen MR) is 257 cm³/mol. The molecule has 0 aliphatic carbocycles. The number of carbonyl (C=O) groups is 2. The number of ether oxygens (including phenoxy) is 2. The van der Waals surface area contributed by atoms with E-state index in [1.54, 1.807) is 0 Å². The molecule has 0 radical (unpaired) electrons. The molecule has 0 aliphatic rings. The third kappa shape index (κ3) is 48.3. The van der Waals surface area contributed by atoms with Crippen molar-refractivity contribution in [3.63, 3.8) is 0 Å². The highest BCUT2D eigenvalue weighted by Crippen LogP contribution is 2.43. The zero-order valence-corrected chi connectivity index (χ0v) is 42.1. The molecule has 0 aromatic carbocycles. The minimum Gasteiger partial charge on any atom is -0.462 e. The Hall–Kier alpha value is -0.990. The topological polar surface area (TPSA) is 108 Å². The molecular formula is C51H103NO8P+. The maximum atomic E-state index is 12.7. The van der Waals surface area contributed by atoms with Gasteiger partial charge in [0.2, 0.25) is 0 Å². The van der Waals surface area contributed by atoms with Crippen LogP contribution in [0.1, 0.15) is 264 Å². The predicted octanol–water partition coefficient (Wildman–Crippen LogP) is 15.5. The summed E-state index contributed by atoms with van der Waals surface area (Å²) in [5, 5.41) is 0. The molecule has 0 aromatic heterocycles. The number of quaternary nitrogens is 1. The molecule has 1 N–H and O–H groups in total. The second kappa shape index (κ2) is 44.2. The van der Waals surface area contributed by atoms with E-state index in [9.17, 15) is 19.0 Å². The van der Waals surface area contributed by atoms with Crippen molar-refractivity contribution < 1.29 is 42.1 Å². The number of rotatable bonds is 49. The van der Waals surface area contributed by atoms with Gasteiger partial charge in [-0.1, -0.05) is 239 Å². The fourth-order valence-electron chi connectivity index (χ4n) is 7.78. The lowest BCUT2D eigenvalue weighted by Crippen LogP contribution is -2.37. The van der Waals surface area contributed by atoms with Gasteiger partial charge in [-0.15, -0.1) is 0 Å². The molecular weight excluding hydrogens is 786 g/mol. The van der Waals surface area contributed by atoms with Crippen LogP contribution in [0.3, 0.4) is 0 Å². The van der Waals surface area contributed by atoms with Gasteiger partial charge in [0.1, 0.15) is 19.8 Å². The lowest BCUT2D eigenvalue weighted by molar-refractivity contribution is -0.870. The summed E-state index contributed by atoms with van der Waals surface area (Å²) in [7, 11) is 1.50. The zero-order chi connectivity index (χ0) is 45.0. The van der Waals surface area contributed by atoms with Crippen molar-refractivity contribution in [2.24, 2.45) is 0 Å². The molecule has 0 amide bonds. The Balaban J connectivity index is 4.09. The minimum absolute atomic E-state index is 0.0371. The van der Waals surface area contributed by atoms with E-state index in [1.807, 2.05) is 21.1 Å². The zero-order valence-electron chi connectivity index (χ0n) is 41.2. The van der Waals surface area contributed by atoms with Gasteiger partial charge in [-0.25, -0.2) is 4.57 Å². The van der Waals surface area contributed by atoms with Crippen LogP contribution in [0.4, 0.5) is 0 Å². The van der Waals surface area contributed by atoms with Crippen molar-refractivity contribution in [3.8, 4) is 0 Å². The molecule has 0 rings (SSSR count). The Morgan fingerprint density at radius 1 is 0.443 bits per heavy atom. The lowest BCUT2D eigenvalue weighted by atomic mass is 10.0. The molecule has 61 heavy (non-hydrogen) atoms. The van der Waals surface area contributed by atoms with Crippen molar-refractivity contribution in [2.75, 3.05) is 47.5 Å². The SMILES string of the molecule is CCCCCCCCCCCCCCCCCCCCCCCCCCCC(=O)OC(COC(=O)CCCCCCCCCCCCCC)COP(=O)(O)OCC[N+](C)(C)C. The Bertz CT molecular complexity index is 1010. The number of hydrogen-bond donors (Lipinski definition) is 1. The van der Waals surface area contributed by atoms with Gasteiger partial charge >= 0.3 is 19.8 Å². The van der Waals surface area contributed by atoms with Gasteiger partial charge < -0.3 is 18.9 Å². The van der Waals surface area contributed by atoms with Crippen LogP contribution in [0.2, 0.25) is 0 Å². The average molecular weight is 889 g/mol. The highest BCUT2D eigenvalue weighted by atomic mass is 31.2. The van der Waals surface area contributed by atoms with E-state index in [0.29, 0.717) is 17.4 Å². The molecule has 364 valence electrons. The summed E-state index contributed by atoms with van der Waals surface area (Å²) in [5.41, 5.74) is 0. The summed E-state index contributed by atoms with van der Waals surface area (Å²) in [6.45, 7) is 4.48. The smallest absolute Gasteiger partial charge is 0.462 e. The van der Waals surface area contributed by atoms with E-state index in [4.69, 9.17) is 18.5 Å². The van der Waals surface area contributed by atoms with Crippen molar-refractivity contribution in [1.29, 1.82) is 0 Å². The molecule has 0 aromatic rings. The minimum atomic E-state index is -4.37. The highest BCUT2D eigenvalue weighted by Gasteiger charge is 2.27. The van der Waals surface area contributed by atoms with Gasteiger partial charge in [0.15, 0.2) is 6.10 Å². The van der Waals surface area contributed by atoms with Crippen LogP contribution in [0.5, 0.6) is 0 Å². The number of likely N-dealkylation sites (N-methyl/N-ethyl adjacent to an activating group) is 1. The second-order valence-electron chi connectivity index (χ2n) is 19.3. The molecule has 0 aliphatic heterocycles. The number of hydrogen-bond acceptors (Lipinski definition) is 7. The maximum Gasteiger partial charge on any atom is 0.472 e.